The molecule has 0 aromatic heterocycles. The van der Waals surface area contributed by atoms with Crippen molar-refractivity contribution in [1.29, 1.82) is 0 Å². The molecule has 1 heterocycles. The summed E-state index contributed by atoms with van der Waals surface area (Å²) in [5.74, 6) is 0. The third-order valence-electron chi connectivity index (χ3n) is 3.58. The SMILES string of the molecule is CN1CCc2c1cccc2C1(N)CC1. The highest BCUT2D eigenvalue weighted by Gasteiger charge is 2.42. The smallest absolute Gasteiger partial charge is 0.0414 e. The van der Waals surface area contributed by atoms with Crippen LogP contribution in [0.5, 0.6) is 0 Å². The van der Waals surface area contributed by atoms with E-state index < -0.39 is 0 Å². The van der Waals surface area contributed by atoms with Crippen LogP contribution in [-0.2, 0) is 12.0 Å². The van der Waals surface area contributed by atoms with Crippen molar-refractivity contribution >= 4 is 5.69 Å². The highest BCUT2D eigenvalue weighted by atomic mass is 15.1. The third-order valence-corrected chi connectivity index (χ3v) is 3.58. The van der Waals surface area contributed by atoms with Crippen molar-refractivity contribution < 1.29 is 0 Å². The van der Waals surface area contributed by atoms with E-state index in [1.54, 1.807) is 0 Å². The van der Waals surface area contributed by atoms with Crippen LogP contribution in [0, 0.1) is 0 Å². The predicted molar refractivity (Wildman–Crippen MR) is 58.5 cm³/mol. The number of nitrogens with zero attached hydrogens (tertiary/aromatic N) is 1. The van der Waals surface area contributed by atoms with Gasteiger partial charge in [-0.05, 0) is 36.5 Å². The van der Waals surface area contributed by atoms with Gasteiger partial charge in [-0.2, -0.15) is 0 Å². The minimum atomic E-state index is 0.0243. The molecule has 2 N–H and O–H groups in total. The number of rotatable bonds is 1. The normalized spacial score (nSPS) is 22.3. The summed E-state index contributed by atoms with van der Waals surface area (Å²) in [6.45, 7) is 1.14. The van der Waals surface area contributed by atoms with Crippen LogP contribution in [-0.4, -0.2) is 13.6 Å². The molecule has 0 spiro atoms. The van der Waals surface area contributed by atoms with Crippen LogP contribution in [0.15, 0.2) is 18.2 Å². The number of nitrogens with two attached hydrogens (primary N) is 1. The Bertz CT molecular complexity index is 380. The Morgan fingerprint density at radius 2 is 2.14 bits per heavy atom. The van der Waals surface area contributed by atoms with Gasteiger partial charge in [0.1, 0.15) is 0 Å². The van der Waals surface area contributed by atoms with Gasteiger partial charge in [-0.25, -0.2) is 0 Å². The fourth-order valence-corrected chi connectivity index (χ4v) is 2.47. The predicted octanol–water partition coefficient (Wildman–Crippen LogP) is 1.63. The molecule has 74 valence electrons. The first kappa shape index (κ1) is 8.30. The monoisotopic (exact) mass is 188 g/mol. The van der Waals surface area contributed by atoms with Crippen molar-refractivity contribution in [2.75, 3.05) is 18.5 Å². The molecule has 3 rings (SSSR count). The summed E-state index contributed by atoms with van der Waals surface area (Å²) in [5, 5.41) is 0. The molecule has 2 aliphatic rings. The van der Waals surface area contributed by atoms with E-state index in [9.17, 15) is 0 Å². The maximum atomic E-state index is 6.27. The summed E-state index contributed by atoms with van der Waals surface area (Å²) in [6.07, 6.45) is 3.49. The largest absolute Gasteiger partial charge is 0.374 e. The topological polar surface area (TPSA) is 29.3 Å². The maximum Gasteiger partial charge on any atom is 0.0414 e. The number of hydrogen-bond donors (Lipinski definition) is 1. The standard InChI is InChI=1S/C12H16N2/c1-14-8-5-9-10(12(13)6-7-12)3-2-4-11(9)14/h2-4H,5-8,13H2,1H3. The highest BCUT2D eigenvalue weighted by Crippen LogP contribution is 2.46. The molecule has 0 unspecified atom stereocenters. The second-order valence-corrected chi connectivity index (χ2v) is 4.63. The number of benzene rings is 1. The Morgan fingerprint density at radius 1 is 1.36 bits per heavy atom. The summed E-state index contributed by atoms with van der Waals surface area (Å²) in [6, 6.07) is 6.56. The summed E-state index contributed by atoms with van der Waals surface area (Å²) < 4.78 is 0. The number of likely N-dealkylation sites (N-methyl/N-ethyl adjacent to an activating group) is 1. The van der Waals surface area contributed by atoms with Crippen LogP contribution in [0.25, 0.3) is 0 Å². The van der Waals surface area contributed by atoms with E-state index in [0.717, 1.165) is 19.4 Å². The van der Waals surface area contributed by atoms with E-state index in [-0.39, 0.29) is 5.54 Å². The number of fused-ring (bicyclic) bond motifs is 1. The second kappa shape index (κ2) is 2.51. The summed E-state index contributed by atoms with van der Waals surface area (Å²) in [5.41, 5.74) is 10.6. The van der Waals surface area contributed by atoms with Gasteiger partial charge >= 0.3 is 0 Å². The Morgan fingerprint density at radius 3 is 2.86 bits per heavy atom. The zero-order valence-corrected chi connectivity index (χ0v) is 8.59. The van der Waals surface area contributed by atoms with Gasteiger partial charge in [-0.15, -0.1) is 0 Å². The molecule has 1 fully saturated rings. The first-order chi connectivity index (χ1) is 6.71. The molecule has 0 radical (unpaired) electrons. The molecule has 0 atom stereocenters. The first-order valence-electron chi connectivity index (χ1n) is 5.33. The molecule has 1 aromatic carbocycles. The van der Waals surface area contributed by atoms with Gasteiger partial charge in [0.15, 0.2) is 0 Å². The van der Waals surface area contributed by atoms with Crippen LogP contribution < -0.4 is 10.6 Å². The van der Waals surface area contributed by atoms with Crippen LogP contribution >= 0.6 is 0 Å². The molecular weight excluding hydrogens is 172 g/mol. The molecule has 2 heteroatoms. The molecule has 2 nitrogen and oxygen atoms in total. The van der Waals surface area contributed by atoms with E-state index in [4.69, 9.17) is 5.73 Å². The lowest BCUT2D eigenvalue weighted by Crippen LogP contribution is -2.20. The molecule has 0 saturated heterocycles. The zero-order valence-electron chi connectivity index (χ0n) is 8.59. The quantitative estimate of drug-likeness (QED) is 0.725. The van der Waals surface area contributed by atoms with Gasteiger partial charge in [0.2, 0.25) is 0 Å². The second-order valence-electron chi connectivity index (χ2n) is 4.63. The average molecular weight is 188 g/mol. The lowest BCUT2D eigenvalue weighted by atomic mass is 9.97. The third kappa shape index (κ3) is 1.01. The molecule has 0 bridgehead atoms. The van der Waals surface area contributed by atoms with E-state index in [2.05, 4.69) is 30.1 Å². The van der Waals surface area contributed by atoms with Crippen molar-refractivity contribution in [2.45, 2.75) is 24.8 Å². The zero-order chi connectivity index (χ0) is 9.76. The van der Waals surface area contributed by atoms with Crippen LogP contribution in [0.1, 0.15) is 24.0 Å². The molecule has 1 aliphatic heterocycles. The van der Waals surface area contributed by atoms with Gasteiger partial charge in [0.25, 0.3) is 0 Å². The van der Waals surface area contributed by atoms with E-state index in [1.165, 1.54) is 23.2 Å². The van der Waals surface area contributed by atoms with Crippen LogP contribution in [0.3, 0.4) is 0 Å². The minimum Gasteiger partial charge on any atom is -0.374 e. The van der Waals surface area contributed by atoms with Crippen molar-refractivity contribution in [3.8, 4) is 0 Å². The molecule has 0 amide bonds. The molecule has 1 saturated carbocycles. The molecule has 1 aliphatic carbocycles. The van der Waals surface area contributed by atoms with Crippen LogP contribution in [0.4, 0.5) is 5.69 Å². The lowest BCUT2D eigenvalue weighted by Gasteiger charge is -2.16. The Labute approximate surface area is 84.7 Å². The fraction of sp³-hybridized carbons (Fsp3) is 0.500. The maximum absolute atomic E-state index is 6.27. The highest BCUT2D eigenvalue weighted by molar-refractivity contribution is 5.62. The first-order valence-corrected chi connectivity index (χ1v) is 5.33. The summed E-state index contributed by atoms with van der Waals surface area (Å²) >= 11 is 0. The fourth-order valence-electron chi connectivity index (χ4n) is 2.47. The number of hydrogen-bond acceptors (Lipinski definition) is 2. The lowest BCUT2D eigenvalue weighted by molar-refractivity contribution is 0.730. The minimum absolute atomic E-state index is 0.0243. The molecular formula is C12H16N2. The van der Waals surface area contributed by atoms with Gasteiger partial charge in [0, 0.05) is 24.8 Å². The van der Waals surface area contributed by atoms with E-state index >= 15 is 0 Å². The van der Waals surface area contributed by atoms with Gasteiger partial charge in [-0.3, -0.25) is 0 Å². The van der Waals surface area contributed by atoms with Crippen molar-refractivity contribution in [3.63, 3.8) is 0 Å². The van der Waals surface area contributed by atoms with Crippen molar-refractivity contribution in [1.82, 2.24) is 0 Å². The summed E-state index contributed by atoms with van der Waals surface area (Å²) in [7, 11) is 2.16. The van der Waals surface area contributed by atoms with E-state index in [0.29, 0.717) is 0 Å². The van der Waals surface area contributed by atoms with Gasteiger partial charge in [0.05, 0.1) is 0 Å². The molecule has 14 heavy (non-hydrogen) atoms. The van der Waals surface area contributed by atoms with Gasteiger partial charge in [-0.1, -0.05) is 12.1 Å². The van der Waals surface area contributed by atoms with Gasteiger partial charge < -0.3 is 10.6 Å². The Hall–Kier alpha value is -1.02. The average Bonchev–Trinajstić information content (AvgIpc) is 2.83. The van der Waals surface area contributed by atoms with Crippen LogP contribution in [0.2, 0.25) is 0 Å². The van der Waals surface area contributed by atoms with E-state index in [1.807, 2.05) is 0 Å². The Balaban J connectivity index is 2.14. The molecule has 1 aromatic rings. The van der Waals surface area contributed by atoms with Crippen molar-refractivity contribution in [2.24, 2.45) is 5.73 Å². The number of anilines is 1. The van der Waals surface area contributed by atoms with Crippen molar-refractivity contribution in [3.05, 3.63) is 29.3 Å². The summed E-state index contributed by atoms with van der Waals surface area (Å²) in [4.78, 5) is 2.32. The Kier molecular flexibility index (Phi) is 1.49.